The Bertz CT molecular complexity index is 530. The molecule has 1 heterocycles. The van der Waals surface area contributed by atoms with Crippen molar-refractivity contribution in [1.82, 2.24) is 9.55 Å². The lowest BCUT2D eigenvalue weighted by atomic mass is 10.1. The maximum atomic E-state index is 5.92. The van der Waals surface area contributed by atoms with Crippen LogP contribution < -0.4 is 11.1 Å². The minimum absolute atomic E-state index is 0.0756. The molecule has 0 saturated heterocycles. The Hall–Kier alpha value is -1.81. The molecule has 1 aromatic heterocycles. The van der Waals surface area contributed by atoms with Crippen LogP contribution in [0.2, 0.25) is 0 Å². The smallest absolute Gasteiger partial charge is 0.0951 e. The van der Waals surface area contributed by atoms with E-state index in [1.807, 2.05) is 18.6 Å². The molecule has 4 nitrogen and oxygen atoms in total. The molecular formula is C15H22N4. The summed E-state index contributed by atoms with van der Waals surface area (Å²) in [6.45, 7) is 6.91. The summed E-state index contributed by atoms with van der Waals surface area (Å²) in [4.78, 5) is 4.24. The van der Waals surface area contributed by atoms with E-state index in [0.717, 1.165) is 11.4 Å². The fourth-order valence-corrected chi connectivity index (χ4v) is 2.21. The van der Waals surface area contributed by atoms with Crippen molar-refractivity contribution >= 4 is 5.69 Å². The van der Waals surface area contributed by atoms with Gasteiger partial charge < -0.3 is 15.6 Å². The summed E-state index contributed by atoms with van der Waals surface area (Å²) >= 11 is 0. The predicted molar refractivity (Wildman–Crippen MR) is 79.2 cm³/mol. The van der Waals surface area contributed by atoms with E-state index < -0.39 is 0 Å². The number of rotatable bonds is 5. The van der Waals surface area contributed by atoms with Crippen molar-refractivity contribution in [2.24, 2.45) is 5.73 Å². The van der Waals surface area contributed by atoms with Gasteiger partial charge in [0.05, 0.1) is 24.3 Å². The van der Waals surface area contributed by atoms with Gasteiger partial charge in [-0.2, -0.15) is 0 Å². The van der Waals surface area contributed by atoms with Crippen LogP contribution in [0.25, 0.3) is 0 Å². The van der Waals surface area contributed by atoms with Gasteiger partial charge in [0.15, 0.2) is 0 Å². The Morgan fingerprint density at radius 2 is 2.16 bits per heavy atom. The van der Waals surface area contributed by atoms with Gasteiger partial charge in [0.1, 0.15) is 0 Å². The number of aromatic nitrogens is 2. The molecule has 2 aromatic rings. The second-order valence-corrected chi connectivity index (χ2v) is 5.12. The van der Waals surface area contributed by atoms with E-state index in [4.69, 9.17) is 5.73 Å². The summed E-state index contributed by atoms with van der Waals surface area (Å²) in [7, 11) is 0. The SMILES string of the molecule is Cc1cccc(NC(CN)c2cncn2C(C)C)c1. The maximum Gasteiger partial charge on any atom is 0.0951 e. The first-order valence-electron chi connectivity index (χ1n) is 6.66. The molecule has 0 aliphatic rings. The molecule has 4 heteroatoms. The highest BCUT2D eigenvalue weighted by atomic mass is 15.1. The third kappa shape index (κ3) is 3.15. The molecule has 0 aliphatic heterocycles. The largest absolute Gasteiger partial charge is 0.375 e. The topological polar surface area (TPSA) is 55.9 Å². The first-order valence-corrected chi connectivity index (χ1v) is 6.66. The molecule has 0 aliphatic carbocycles. The molecule has 3 N–H and O–H groups in total. The Labute approximate surface area is 114 Å². The first-order chi connectivity index (χ1) is 9.11. The lowest BCUT2D eigenvalue weighted by Gasteiger charge is -2.21. The molecule has 0 amide bonds. The van der Waals surface area contributed by atoms with Crippen LogP contribution in [-0.4, -0.2) is 16.1 Å². The minimum Gasteiger partial charge on any atom is -0.375 e. The summed E-state index contributed by atoms with van der Waals surface area (Å²) in [5.74, 6) is 0. The molecule has 0 fully saturated rings. The summed E-state index contributed by atoms with van der Waals surface area (Å²) in [6, 6.07) is 8.77. The molecule has 2 rings (SSSR count). The van der Waals surface area contributed by atoms with Crippen molar-refractivity contribution in [3.8, 4) is 0 Å². The molecule has 0 spiro atoms. The van der Waals surface area contributed by atoms with Crippen molar-refractivity contribution in [3.05, 3.63) is 48.0 Å². The van der Waals surface area contributed by atoms with Gasteiger partial charge in [-0.05, 0) is 38.5 Å². The summed E-state index contributed by atoms with van der Waals surface area (Å²) < 4.78 is 2.15. The Kier molecular flexibility index (Phi) is 4.22. The summed E-state index contributed by atoms with van der Waals surface area (Å²) in [5.41, 5.74) is 9.36. The number of imidazole rings is 1. The zero-order valence-electron chi connectivity index (χ0n) is 11.8. The van der Waals surface area contributed by atoms with Gasteiger partial charge in [0.2, 0.25) is 0 Å². The summed E-state index contributed by atoms with van der Waals surface area (Å²) in [6.07, 6.45) is 3.75. The highest BCUT2D eigenvalue weighted by Crippen LogP contribution is 2.21. The number of nitrogens with zero attached hydrogens (tertiary/aromatic N) is 2. The number of hydrogen-bond acceptors (Lipinski definition) is 3. The van der Waals surface area contributed by atoms with Crippen molar-refractivity contribution in [2.45, 2.75) is 32.9 Å². The third-order valence-electron chi connectivity index (χ3n) is 3.20. The van der Waals surface area contributed by atoms with Crippen LogP contribution in [0.3, 0.4) is 0 Å². The van der Waals surface area contributed by atoms with Crippen molar-refractivity contribution in [3.63, 3.8) is 0 Å². The minimum atomic E-state index is 0.0756. The number of nitrogens with one attached hydrogen (secondary N) is 1. The zero-order valence-corrected chi connectivity index (χ0v) is 11.8. The number of hydrogen-bond donors (Lipinski definition) is 2. The predicted octanol–water partition coefficient (Wildman–Crippen LogP) is 2.88. The van der Waals surface area contributed by atoms with E-state index in [-0.39, 0.29) is 6.04 Å². The van der Waals surface area contributed by atoms with Crippen LogP contribution in [0.5, 0.6) is 0 Å². The van der Waals surface area contributed by atoms with Crippen LogP contribution in [0.4, 0.5) is 5.69 Å². The average Bonchev–Trinajstić information content (AvgIpc) is 2.85. The third-order valence-corrected chi connectivity index (χ3v) is 3.20. The second kappa shape index (κ2) is 5.89. The Balaban J connectivity index is 2.23. The van der Waals surface area contributed by atoms with E-state index in [2.05, 4.69) is 53.8 Å². The van der Waals surface area contributed by atoms with Crippen LogP contribution in [0, 0.1) is 6.92 Å². The van der Waals surface area contributed by atoms with Gasteiger partial charge in [0, 0.05) is 18.3 Å². The van der Waals surface area contributed by atoms with Gasteiger partial charge in [-0.15, -0.1) is 0 Å². The Morgan fingerprint density at radius 1 is 1.37 bits per heavy atom. The Morgan fingerprint density at radius 3 is 2.79 bits per heavy atom. The van der Waals surface area contributed by atoms with Crippen molar-refractivity contribution in [2.75, 3.05) is 11.9 Å². The van der Waals surface area contributed by atoms with Crippen molar-refractivity contribution < 1.29 is 0 Å². The molecule has 1 atom stereocenters. The highest BCUT2D eigenvalue weighted by Gasteiger charge is 2.15. The lowest BCUT2D eigenvalue weighted by Crippen LogP contribution is -2.23. The quantitative estimate of drug-likeness (QED) is 0.867. The fourth-order valence-electron chi connectivity index (χ4n) is 2.21. The van der Waals surface area contributed by atoms with Gasteiger partial charge >= 0.3 is 0 Å². The van der Waals surface area contributed by atoms with Gasteiger partial charge in [-0.1, -0.05) is 12.1 Å². The number of nitrogens with two attached hydrogens (primary N) is 1. The average molecular weight is 258 g/mol. The number of aryl methyl sites for hydroxylation is 1. The molecule has 1 unspecified atom stereocenters. The van der Waals surface area contributed by atoms with E-state index >= 15 is 0 Å². The van der Waals surface area contributed by atoms with Gasteiger partial charge in [-0.3, -0.25) is 0 Å². The molecule has 19 heavy (non-hydrogen) atoms. The standard InChI is InChI=1S/C15H22N4/c1-11(2)19-10-17-9-15(19)14(8-16)18-13-6-4-5-12(3)7-13/h4-7,9-11,14,18H,8,16H2,1-3H3. The fraction of sp³-hybridized carbons (Fsp3) is 0.400. The van der Waals surface area contributed by atoms with Gasteiger partial charge in [0.25, 0.3) is 0 Å². The molecule has 102 valence electrons. The zero-order chi connectivity index (χ0) is 13.8. The van der Waals surface area contributed by atoms with Crippen LogP contribution in [0.15, 0.2) is 36.8 Å². The molecule has 1 aromatic carbocycles. The molecule has 0 saturated carbocycles. The summed E-state index contributed by atoms with van der Waals surface area (Å²) in [5, 5.41) is 3.48. The van der Waals surface area contributed by atoms with E-state index in [9.17, 15) is 0 Å². The van der Waals surface area contributed by atoms with E-state index in [0.29, 0.717) is 12.6 Å². The number of benzene rings is 1. The van der Waals surface area contributed by atoms with Crippen LogP contribution in [0.1, 0.15) is 37.2 Å². The second-order valence-electron chi connectivity index (χ2n) is 5.12. The van der Waals surface area contributed by atoms with Crippen LogP contribution >= 0.6 is 0 Å². The van der Waals surface area contributed by atoms with Crippen molar-refractivity contribution in [1.29, 1.82) is 0 Å². The van der Waals surface area contributed by atoms with E-state index in [1.165, 1.54) is 5.56 Å². The normalized spacial score (nSPS) is 12.7. The molecular weight excluding hydrogens is 236 g/mol. The van der Waals surface area contributed by atoms with Gasteiger partial charge in [-0.25, -0.2) is 4.98 Å². The van der Waals surface area contributed by atoms with E-state index in [1.54, 1.807) is 0 Å². The first kappa shape index (κ1) is 13.6. The number of anilines is 1. The molecule has 0 radical (unpaired) electrons. The molecule has 0 bridgehead atoms. The van der Waals surface area contributed by atoms with Crippen LogP contribution in [-0.2, 0) is 0 Å². The maximum absolute atomic E-state index is 5.92. The lowest BCUT2D eigenvalue weighted by molar-refractivity contribution is 0.553. The monoisotopic (exact) mass is 258 g/mol. The highest BCUT2D eigenvalue weighted by molar-refractivity contribution is 5.47.